The molecule has 1 saturated heterocycles. The molecule has 2 aromatic carbocycles. The molecule has 1 aliphatic rings. The zero-order valence-electron chi connectivity index (χ0n) is 19.4. The molecule has 13 heteroatoms. The van der Waals surface area contributed by atoms with Crippen molar-refractivity contribution in [2.24, 2.45) is 0 Å². The summed E-state index contributed by atoms with van der Waals surface area (Å²) in [6, 6.07) is 13.2. The van der Waals surface area contributed by atoms with Crippen LogP contribution in [-0.4, -0.2) is 69.7 Å². The average Bonchev–Trinajstić information content (AvgIpc) is 2.88. The second-order valence-electron chi connectivity index (χ2n) is 7.76. The van der Waals surface area contributed by atoms with Gasteiger partial charge in [-0.15, -0.1) is 23.4 Å². The first-order valence-electron chi connectivity index (χ1n) is 10.8. The van der Waals surface area contributed by atoms with Crippen molar-refractivity contribution in [2.75, 3.05) is 45.3 Å². The quantitative estimate of drug-likeness (QED) is 0.463. The van der Waals surface area contributed by atoms with Gasteiger partial charge in [0, 0.05) is 31.7 Å². The highest BCUT2D eigenvalue weighted by Gasteiger charge is 2.32. The molecule has 2 heterocycles. The number of hydrogen-bond donors (Lipinski definition) is 0. The van der Waals surface area contributed by atoms with Crippen molar-refractivity contribution in [2.45, 2.75) is 11.3 Å². The molecule has 0 amide bonds. The minimum Gasteiger partial charge on any atom is -0.493 e. The van der Waals surface area contributed by atoms with Crippen LogP contribution in [0.2, 0.25) is 0 Å². The Balaban J connectivity index is 1.40. The molecule has 0 unspecified atom stereocenters. The van der Waals surface area contributed by atoms with Crippen LogP contribution in [0.15, 0.2) is 59.5 Å². The largest absolute Gasteiger partial charge is 0.573 e. The summed E-state index contributed by atoms with van der Waals surface area (Å²) in [4.78, 5) is 1.81. The van der Waals surface area contributed by atoms with Crippen LogP contribution < -0.4 is 19.1 Å². The number of aromatic nitrogens is 2. The molecule has 0 aliphatic carbocycles. The summed E-state index contributed by atoms with van der Waals surface area (Å²) < 4.78 is 78.5. The van der Waals surface area contributed by atoms with Gasteiger partial charge < -0.3 is 19.1 Å². The Morgan fingerprint density at radius 2 is 1.50 bits per heavy atom. The van der Waals surface area contributed by atoms with Crippen LogP contribution in [0.1, 0.15) is 0 Å². The van der Waals surface area contributed by atoms with E-state index in [1.165, 1.54) is 4.31 Å². The fourth-order valence-electron chi connectivity index (χ4n) is 3.76. The number of piperazine rings is 1. The summed E-state index contributed by atoms with van der Waals surface area (Å²) in [5.74, 6) is 1.29. The van der Waals surface area contributed by atoms with Crippen molar-refractivity contribution in [1.82, 2.24) is 14.5 Å². The second-order valence-corrected chi connectivity index (χ2v) is 9.69. The molecule has 1 fully saturated rings. The van der Waals surface area contributed by atoms with Crippen LogP contribution in [-0.2, 0) is 10.0 Å². The monoisotopic (exact) mass is 524 g/mol. The predicted molar refractivity (Wildman–Crippen MR) is 125 cm³/mol. The van der Waals surface area contributed by atoms with Gasteiger partial charge in [-0.25, -0.2) is 8.42 Å². The molecule has 192 valence electrons. The topological polar surface area (TPSA) is 94.1 Å². The summed E-state index contributed by atoms with van der Waals surface area (Å²) in [7, 11) is -0.766. The number of rotatable bonds is 7. The first kappa shape index (κ1) is 25.5. The Morgan fingerprint density at radius 3 is 2.06 bits per heavy atom. The lowest BCUT2D eigenvalue weighted by atomic mass is 10.1. The van der Waals surface area contributed by atoms with Gasteiger partial charge in [0.15, 0.2) is 17.3 Å². The van der Waals surface area contributed by atoms with Gasteiger partial charge in [0.2, 0.25) is 10.0 Å². The van der Waals surface area contributed by atoms with Crippen LogP contribution in [0.5, 0.6) is 17.2 Å². The number of ether oxygens (including phenoxy) is 3. The Hall–Kier alpha value is -3.58. The van der Waals surface area contributed by atoms with E-state index in [1.807, 2.05) is 23.1 Å². The van der Waals surface area contributed by atoms with E-state index in [0.717, 1.165) is 29.8 Å². The third-order valence-corrected chi connectivity index (χ3v) is 7.50. The maximum atomic E-state index is 12.9. The van der Waals surface area contributed by atoms with Crippen LogP contribution in [0.25, 0.3) is 11.3 Å². The van der Waals surface area contributed by atoms with Gasteiger partial charge in [0.05, 0.1) is 24.8 Å². The van der Waals surface area contributed by atoms with Crippen LogP contribution in [0.3, 0.4) is 0 Å². The molecule has 0 N–H and O–H groups in total. The predicted octanol–water partition coefficient (Wildman–Crippen LogP) is 3.57. The molecule has 3 aromatic rings. The summed E-state index contributed by atoms with van der Waals surface area (Å²) in [5, 5.41) is 8.58. The normalized spacial score (nSPS) is 15.0. The van der Waals surface area contributed by atoms with E-state index in [0.29, 0.717) is 36.1 Å². The van der Waals surface area contributed by atoms with Crippen molar-refractivity contribution >= 4 is 15.8 Å². The number of halogens is 3. The van der Waals surface area contributed by atoms with E-state index in [2.05, 4.69) is 14.9 Å². The molecule has 0 radical (unpaired) electrons. The average molecular weight is 525 g/mol. The first-order chi connectivity index (χ1) is 17.1. The lowest BCUT2D eigenvalue weighted by Gasteiger charge is -2.34. The number of alkyl halides is 3. The SMILES string of the molecule is COc1ccc(-c2ccc(N3CCN(S(=O)(=O)c4ccc(OC(F)(F)F)cc4)CC3)nn2)cc1OC. The first-order valence-corrected chi connectivity index (χ1v) is 12.2. The van der Waals surface area contributed by atoms with E-state index in [9.17, 15) is 21.6 Å². The van der Waals surface area contributed by atoms with Gasteiger partial charge in [-0.2, -0.15) is 4.31 Å². The summed E-state index contributed by atoms with van der Waals surface area (Å²) in [6.45, 7) is 1.11. The van der Waals surface area contributed by atoms with Crippen LogP contribution in [0, 0.1) is 0 Å². The standard InChI is InChI=1S/C23H23F3N4O5S/c1-33-20-9-3-16(15-21(20)34-2)19-8-10-22(28-27-19)29-11-13-30(14-12-29)36(31,32)18-6-4-17(5-7-18)35-23(24,25)26/h3-10,15H,11-14H2,1-2H3. The van der Waals surface area contributed by atoms with Crippen molar-refractivity contribution in [3.8, 4) is 28.5 Å². The van der Waals surface area contributed by atoms with Gasteiger partial charge in [-0.3, -0.25) is 0 Å². The number of benzene rings is 2. The fourth-order valence-corrected chi connectivity index (χ4v) is 5.19. The Labute approximate surface area is 206 Å². The van der Waals surface area contributed by atoms with E-state index in [1.54, 1.807) is 26.4 Å². The third-order valence-electron chi connectivity index (χ3n) is 5.59. The number of methoxy groups -OCH3 is 2. The summed E-state index contributed by atoms with van der Waals surface area (Å²) >= 11 is 0. The molecule has 0 atom stereocenters. The van der Waals surface area contributed by atoms with E-state index in [4.69, 9.17) is 9.47 Å². The maximum absolute atomic E-state index is 12.9. The van der Waals surface area contributed by atoms with E-state index in [-0.39, 0.29) is 18.0 Å². The number of nitrogens with zero attached hydrogens (tertiary/aromatic N) is 4. The van der Waals surface area contributed by atoms with Crippen molar-refractivity contribution in [1.29, 1.82) is 0 Å². The molecular weight excluding hydrogens is 501 g/mol. The maximum Gasteiger partial charge on any atom is 0.573 e. The number of anilines is 1. The highest BCUT2D eigenvalue weighted by atomic mass is 32.2. The number of hydrogen-bond acceptors (Lipinski definition) is 8. The Kier molecular flexibility index (Phi) is 7.22. The van der Waals surface area contributed by atoms with Crippen molar-refractivity contribution < 1.29 is 35.8 Å². The smallest absolute Gasteiger partial charge is 0.493 e. The Bertz CT molecular complexity index is 1290. The minimum absolute atomic E-state index is 0.107. The Morgan fingerprint density at radius 1 is 0.833 bits per heavy atom. The van der Waals surface area contributed by atoms with Gasteiger partial charge in [0.1, 0.15) is 5.75 Å². The zero-order chi connectivity index (χ0) is 25.9. The van der Waals surface area contributed by atoms with E-state index < -0.39 is 22.1 Å². The summed E-state index contributed by atoms with van der Waals surface area (Å²) in [5.41, 5.74) is 1.44. The van der Waals surface area contributed by atoms with Gasteiger partial charge in [-0.1, -0.05) is 0 Å². The fraction of sp³-hybridized carbons (Fsp3) is 0.304. The van der Waals surface area contributed by atoms with Gasteiger partial charge >= 0.3 is 6.36 Å². The number of sulfonamides is 1. The molecular formula is C23H23F3N4O5S. The van der Waals surface area contributed by atoms with Crippen molar-refractivity contribution in [3.63, 3.8) is 0 Å². The molecule has 9 nitrogen and oxygen atoms in total. The summed E-state index contributed by atoms with van der Waals surface area (Å²) in [6.07, 6.45) is -4.85. The lowest BCUT2D eigenvalue weighted by Crippen LogP contribution is -2.49. The highest BCUT2D eigenvalue weighted by molar-refractivity contribution is 7.89. The molecule has 0 spiro atoms. The van der Waals surface area contributed by atoms with Gasteiger partial charge in [-0.05, 0) is 54.6 Å². The second kappa shape index (κ2) is 10.2. The van der Waals surface area contributed by atoms with Gasteiger partial charge in [0.25, 0.3) is 0 Å². The molecule has 1 aromatic heterocycles. The molecule has 1 aliphatic heterocycles. The molecule has 0 bridgehead atoms. The van der Waals surface area contributed by atoms with Crippen LogP contribution in [0.4, 0.5) is 19.0 Å². The highest BCUT2D eigenvalue weighted by Crippen LogP contribution is 2.32. The molecule has 4 rings (SSSR count). The van der Waals surface area contributed by atoms with Crippen LogP contribution >= 0.6 is 0 Å². The molecule has 36 heavy (non-hydrogen) atoms. The zero-order valence-corrected chi connectivity index (χ0v) is 20.2. The minimum atomic E-state index is -4.85. The molecule has 0 saturated carbocycles. The third kappa shape index (κ3) is 5.62. The van der Waals surface area contributed by atoms with Crippen molar-refractivity contribution in [3.05, 3.63) is 54.6 Å². The lowest BCUT2D eigenvalue weighted by molar-refractivity contribution is -0.274. The van der Waals surface area contributed by atoms with E-state index >= 15 is 0 Å².